The van der Waals surface area contributed by atoms with Crippen LogP contribution in [0.15, 0.2) is 16.7 Å². The van der Waals surface area contributed by atoms with E-state index in [-0.39, 0.29) is 5.91 Å². The van der Waals surface area contributed by atoms with Crippen LogP contribution in [-0.4, -0.2) is 37.0 Å². The molecule has 4 nitrogen and oxygen atoms in total. The van der Waals surface area contributed by atoms with Gasteiger partial charge in [0.2, 0.25) is 0 Å². The topological polar surface area (TPSA) is 45.5 Å². The minimum absolute atomic E-state index is 0.135. The predicted octanol–water partition coefficient (Wildman–Crippen LogP) is 2.19. The summed E-state index contributed by atoms with van der Waals surface area (Å²) in [6.45, 7) is 5.81. The Morgan fingerprint density at radius 2 is 2.26 bits per heavy atom. The molecular formula is C15H22N2O2. The molecule has 3 rings (SSSR count). The smallest absolute Gasteiger partial charge is 0.257 e. The fraction of sp³-hybridized carbons (Fsp3) is 0.667. The second-order valence-electron chi connectivity index (χ2n) is 6.00. The third-order valence-corrected chi connectivity index (χ3v) is 4.60. The maximum atomic E-state index is 12.6. The zero-order valence-electron chi connectivity index (χ0n) is 11.6. The third-order valence-electron chi connectivity index (χ3n) is 4.60. The van der Waals surface area contributed by atoms with Crippen LogP contribution in [-0.2, 0) is 0 Å². The lowest BCUT2D eigenvalue weighted by atomic mass is 9.74. The van der Waals surface area contributed by atoms with E-state index >= 15 is 0 Å². The van der Waals surface area contributed by atoms with Gasteiger partial charge in [0.1, 0.15) is 5.76 Å². The number of carbonyl (C=O) groups excluding carboxylic acids is 1. The first kappa shape index (κ1) is 12.7. The van der Waals surface area contributed by atoms with Gasteiger partial charge in [-0.3, -0.25) is 4.79 Å². The van der Waals surface area contributed by atoms with Gasteiger partial charge in [-0.05, 0) is 45.2 Å². The van der Waals surface area contributed by atoms with E-state index in [0.29, 0.717) is 5.41 Å². The Morgan fingerprint density at radius 1 is 1.42 bits per heavy atom. The molecule has 19 heavy (non-hydrogen) atoms. The summed E-state index contributed by atoms with van der Waals surface area (Å²) in [5.41, 5.74) is 1.03. The Kier molecular flexibility index (Phi) is 3.35. The summed E-state index contributed by atoms with van der Waals surface area (Å²) in [7, 11) is 0. The largest absolute Gasteiger partial charge is 0.469 e. The Morgan fingerprint density at radius 3 is 2.95 bits per heavy atom. The van der Waals surface area contributed by atoms with Gasteiger partial charge in [0.05, 0.1) is 11.8 Å². The van der Waals surface area contributed by atoms with E-state index in [1.54, 1.807) is 12.3 Å². The molecule has 0 aliphatic carbocycles. The molecule has 0 saturated carbocycles. The van der Waals surface area contributed by atoms with E-state index in [1.807, 2.05) is 11.8 Å². The molecule has 0 radical (unpaired) electrons. The number of furan rings is 1. The number of nitrogens with one attached hydrogen (secondary N) is 1. The first-order valence-corrected chi connectivity index (χ1v) is 7.24. The van der Waals surface area contributed by atoms with Crippen molar-refractivity contribution in [3.05, 3.63) is 23.7 Å². The molecule has 2 fully saturated rings. The van der Waals surface area contributed by atoms with Crippen molar-refractivity contribution < 1.29 is 9.21 Å². The highest BCUT2D eigenvalue weighted by Gasteiger charge is 2.38. The number of rotatable bonds is 1. The van der Waals surface area contributed by atoms with Crippen LogP contribution in [0.3, 0.4) is 0 Å². The van der Waals surface area contributed by atoms with Crippen molar-refractivity contribution >= 4 is 5.91 Å². The van der Waals surface area contributed by atoms with Crippen molar-refractivity contribution in [2.24, 2.45) is 5.41 Å². The first-order valence-electron chi connectivity index (χ1n) is 7.24. The minimum Gasteiger partial charge on any atom is -0.469 e. The summed E-state index contributed by atoms with van der Waals surface area (Å²) >= 11 is 0. The van der Waals surface area contributed by atoms with Crippen molar-refractivity contribution in [3.63, 3.8) is 0 Å². The fourth-order valence-electron chi connectivity index (χ4n) is 3.54. The monoisotopic (exact) mass is 262 g/mol. The van der Waals surface area contributed by atoms with Crippen molar-refractivity contribution in [1.29, 1.82) is 0 Å². The lowest BCUT2D eigenvalue weighted by Crippen LogP contribution is -2.52. The Balaban J connectivity index is 1.74. The molecule has 0 aromatic carbocycles. The summed E-state index contributed by atoms with van der Waals surface area (Å²) in [6, 6.07) is 1.79. The Hall–Kier alpha value is -1.29. The van der Waals surface area contributed by atoms with E-state index in [1.165, 1.54) is 19.3 Å². The number of nitrogens with zero attached hydrogens (tertiary/aromatic N) is 1. The number of likely N-dealkylation sites (tertiary alicyclic amines) is 1. The van der Waals surface area contributed by atoms with E-state index < -0.39 is 0 Å². The second kappa shape index (κ2) is 5.00. The standard InChI is InChI=1S/C15H22N2O2/c1-12-13(4-9-19-12)14(18)17-8-3-6-15(11-17)5-2-7-16-10-15/h4,9,16H,2-3,5-8,10-11H2,1H3. The number of hydrogen-bond acceptors (Lipinski definition) is 3. The average molecular weight is 262 g/mol. The van der Waals surface area contributed by atoms with Crippen molar-refractivity contribution in [1.82, 2.24) is 10.2 Å². The summed E-state index contributed by atoms with van der Waals surface area (Å²) in [5.74, 6) is 0.863. The molecule has 1 atom stereocenters. The Bertz CT molecular complexity index is 455. The zero-order chi connectivity index (χ0) is 13.3. The normalized spacial score (nSPS) is 27.7. The summed E-state index contributed by atoms with van der Waals surface area (Å²) in [4.78, 5) is 14.6. The number of amides is 1. The van der Waals surface area contributed by atoms with Gasteiger partial charge in [-0.15, -0.1) is 0 Å². The molecule has 1 unspecified atom stereocenters. The van der Waals surface area contributed by atoms with Crippen LogP contribution < -0.4 is 5.32 Å². The van der Waals surface area contributed by atoms with Crippen LogP contribution in [0.25, 0.3) is 0 Å². The van der Waals surface area contributed by atoms with Gasteiger partial charge in [-0.2, -0.15) is 0 Å². The SMILES string of the molecule is Cc1occc1C(=O)N1CCCC2(CCCNC2)C1. The van der Waals surface area contributed by atoms with Crippen molar-refractivity contribution in [2.45, 2.75) is 32.6 Å². The number of piperidine rings is 2. The highest BCUT2D eigenvalue weighted by Crippen LogP contribution is 2.36. The molecule has 2 aliphatic heterocycles. The highest BCUT2D eigenvalue weighted by atomic mass is 16.3. The molecule has 2 saturated heterocycles. The lowest BCUT2D eigenvalue weighted by Gasteiger charge is -2.45. The van der Waals surface area contributed by atoms with E-state index in [4.69, 9.17) is 4.42 Å². The molecule has 4 heteroatoms. The van der Waals surface area contributed by atoms with Crippen molar-refractivity contribution in [2.75, 3.05) is 26.2 Å². The molecule has 1 spiro atoms. The maximum absolute atomic E-state index is 12.6. The van der Waals surface area contributed by atoms with Crippen LogP contribution in [0.2, 0.25) is 0 Å². The van der Waals surface area contributed by atoms with Gasteiger partial charge in [-0.1, -0.05) is 0 Å². The fourth-order valence-corrected chi connectivity index (χ4v) is 3.54. The Labute approximate surface area is 114 Å². The van der Waals surface area contributed by atoms with Crippen LogP contribution in [0, 0.1) is 12.3 Å². The van der Waals surface area contributed by atoms with Gasteiger partial charge in [0.15, 0.2) is 0 Å². The first-order chi connectivity index (χ1) is 9.20. The van der Waals surface area contributed by atoms with Crippen molar-refractivity contribution in [3.8, 4) is 0 Å². The van der Waals surface area contributed by atoms with Gasteiger partial charge >= 0.3 is 0 Å². The predicted molar refractivity (Wildman–Crippen MR) is 73.1 cm³/mol. The minimum atomic E-state index is 0.135. The maximum Gasteiger partial charge on any atom is 0.257 e. The molecule has 3 heterocycles. The van der Waals surface area contributed by atoms with Crippen LogP contribution in [0.4, 0.5) is 0 Å². The molecule has 1 amide bonds. The van der Waals surface area contributed by atoms with Gasteiger partial charge in [-0.25, -0.2) is 0 Å². The van der Waals surface area contributed by atoms with E-state index in [0.717, 1.165) is 43.9 Å². The molecule has 0 bridgehead atoms. The summed E-state index contributed by atoms with van der Waals surface area (Å²) in [6.07, 6.45) is 6.43. The molecule has 1 aromatic rings. The molecule has 104 valence electrons. The lowest BCUT2D eigenvalue weighted by molar-refractivity contribution is 0.0432. The molecule has 2 aliphatic rings. The van der Waals surface area contributed by atoms with Gasteiger partial charge in [0.25, 0.3) is 5.91 Å². The van der Waals surface area contributed by atoms with E-state index in [9.17, 15) is 4.79 Å². The van der Waals surface area contributed by atoms with E-state index in [2.05, 4.69) is 5.32 Å². The molecular weight excluding hydrogens is 240 g/mol. The number of hydrogen-bond donors (Lipinski definition) is 1. The molecule has 1 N–H and O–H groups in total. The second-order valence-corrected chi connectivity index (χ2v) is 6.00. The van der Waals surface area contributed by atoms with Gasteiger partial charge in [0, 0.05) is 25.0 Å². The number of aryl methyl sites for hydroxylation is 1. The van der Waals surface area contributed by atoms with Gasteiger partial charge < -0.3 is 14.6 Å². The summed E-state index contributed by atoms with van der Waals surface area (Å²) in [5, 5.41) is 3.49. The highest BCUT2D eigenvalue weighted by molar-refractivity contribution is 5.95. The quantitative estimate of drug-likeness (QED) is 0.844. The zero-order valence-corrected chi connectivity index (χ0v) is 11.6. The summed E-state index contributed by atoms with van der Waals surface area (Å²) < 4.78 is 5.25. The average Bonchev–Trinajstić information content (AvgIpc) is 2.85. The number of carbonyl (C=O) groups is 1. The molecule has 1 aromatic heterocycles. The van der Waals surface area contributed by atoms with Crippen LogP contribution in [0.1, 0.15) is 41.8 Å². The van der Waals surface area contributed by atoms with Crippen LogP contribution >= 0.6 is 0 Å². The van der Waals surface area contributed by atoms with Crippen LogP contribution in [0.5, 0.6) is 0 Å². The third kappa shape index (κ3) is 2.41.